The van der Waals surface area contributed by atoms with Crippen LogP contribution in [0.1, 0.15) is 34.8 Å². The lowest BCUT2D eigenvalue weighted by atomic mass is 10.1. The maximum atomic E-state index is 11.9. The van der Waals surface area contributed by atoms with Gasteiger partial charge in [-0.3, -0.25) is 4.79 Å². The van der Waals surface area contributed by atoms with Crippen molar-refractivity contribution < 1.29 is 4.79 Å². The second kappa shape index (κ2) is 8.82. The summed E-state index contributed by atoms with van der Waals surface area (Å²) in [6.45, 7) is 4.74. The van der Waals surface area contributed by atoms with E-state index < -0.39 is 0 Å². The summed E-state index contributed by atoms with van der Waals surface area (Å²) in [5, 5.41) is 4.11. The number of rotatable bonds is 4. The van der Waals surface area contributed by atoms with Crippen LogP contribution in [0.4, 0.5) is 0 Å². The van der Waals surface area contributed by atoms with Crippen LogP contribution in [-0.2, 0) is 11.2 Å². The van der Waals surface area contributed by atoms with Gasteiger partial charge in [-0.25, -0.2) is 4.98 Å². The number of nitrogens with one attached hydrogen (secondary N) is 1. The molecule has 2 rings (SSSR count). The van der Waals surface area contributed by atoms with Crippen molar-refractivity contribution in [2.45, 2.75) is 45.6 Å². The molecule has 4 nitrogen and oxygen atoms in total. The van der Waals surface area contributed by atoms with Crippen molar-refractivity contribution in [1.29, 1.82) is 0 Å². The largest absolute Gasteiger partial charge is 0.355 e. The molecule has 0 aliphatic heterocycles. The molecule has 0 bridgehead atoms. The molecule has 2 atom stereocenters. The molecule has 0 saturated heterocycles. The average Bonchev–Trinajstić information content (AvgIpc) is 2.86. The fourth-order valence-electron chi connectivity index (χ4n) is 2.50. The number of hydrogen-bond acceptors (Lipinski definition) is 4. The van der Waals surface area contributed by atoms with E-state index >= 15 is 0 Å². The lowest BCUT2D eigenvalue weighted by molar-refractivity contribution is -0.124. The third kappa shape index (κ3) is 5.20. The highest BCUT2D eigenvalue weighted by molar-refractivity contribution is 7.11. The Bertz CT molecular complexity index is 439. The van der Waals surface area contributed by atoms with Crippen molar-refractivity contribution in [3.8, 4) is 0 Å². The minimum absolute atomic E-state index is 0. The third-order valence-corrected chi connectivity index (χ3v) is 4.63. The number of thiazole rings is 1. The van der Waals surface area contributed by atoms with Crippen molar-refractivity contribution in [1.82, 2.24) is 10.3 Å². The van der Waals surface area contributed by atoms with Gasteiger partial charge in [-0.15, -0.1) is 36.2 Å². The van der Waals surface area contributed by atoms with Crippen molar-refractivity contribution in [3.05, 3.63) is 15.6 Å². The van der Waals surface area contributed by atoms with E-state index in [1.165, 1.54) is 4.88 Å². The summed E-state index contributed by atoms with van der Waals surface area (Å²) >= 11 is 1.72. The molecule has 7 heteroatoms. The average molecular weight is 340 g/mol. The van der Waals surface area contributed by atoms with Crippen LogP contribution < -0.4 is 11.1 Å². The Labute approximate surface area is 136 Å². The molecule has 0 radical (unpaired) electrons. The Morgan fingerprint density at radius 2 is 2.10 bits per heavy atom. The van der Waals surface area contributed by atoms with E-state index in [2.05, 4.69) is 10.3 Å². The first-order valence-electron chi connectivity index (χ1n) is 6.52. The lowest BCUT2D eigenvalue weighted by Crippen LogP contribution is -2.31. The Morgan fingerprint density at radius 1 is 1.40 bits per heavy atom. The number of amides is 1. The van der Waals surface area contributed by atoms with Crippen LogP contribution in [0, 0.1) is 19.8 Å². The van der Waals surface area contributed by atoms with Crippen LogP contribution >= 0.6 is 36.2 Å². The molecular formula is C13H23Cl2N3OS. The van der Waals surface area contributed by atoms with Crippen molar-refractivity contribution >= 4 is 42.1 Å². The predicted octanol–water partition coefficient (Wildman–Crippen LogP) is 2.39. The van der Waals surface area contributed by atoms with Gasteiger partial charge in [0.25, 0.3) is 0 Å². The van der Waals surface area contributed by atoms with Crippen LogP contribution in [0.15, 0.2) is 0 Å². The molecular weight excluding hydrogens is 317 g/mol. The minimum Gasteiger partial charge on any atom is -0.355 e. The molecule has 1 fully saturated rings. The summed E-state index contributed by atoms with van der Waals surface area (Å²) in [4.78, 5) is 17.6. The quantitative estimate of drug-likeness (QED) is 0.884. The number of nitrogens with two attached hydrogens (primary N) is 1. The lowest BCUT2D eigenvalue weighted by Gasteiger charge is -2.10. The van der Waals surface area contributed by atoms with E-state index in [4.69, 9.17) is 5.73 Å². The summed E-state index contributed by atoms with van der Waals surface area (Å²) in [6, 6.07) is 0.215. The first kappa shape index (κ1) is 19.6. The first-order valence-corrected chi connectivity index (χ1v) is 7.34. The maximum Gasteiger partial charge on any atom is 0.223 e. The van der Waals surface area contributed by atoms with Crippen molar-refractivity contribution in [2.75, 3.05) is 6.54 Å². The number of halogens is 2. The van der Waals surface area contributed by atoms with E-state index in [-0.39, 0.29) is 42.7 Å². The Hall–Kier alpha value is -0.360. The topological polar surface area (TPSA) is 68.0 Å². The smallest absolute Gasteiger partial charge is 0.223 e. The number of carbonyl (C=O) groups excluding carboxylic acids is 1. The van der Waals surface area contributed by atoms with Gasteiger partial charge in [0.05, 0.1) is 10.7 Å². The van der Waals surface area contributed by atoms with E-state index in [1.807, 2.05) is 13.8 Å². The highest BCUT2D eigenvalue weighted by Crippen LogP contribution is 2.24. The van der Waals surface area contributed by atoms with Crippen molar-refractivity contribution in [3.63, 3.8) is 0 Å². The molecule has 1 saturated carbocycles. The van der Waals surface area contributed by atoms with E-state index in [0.29, 0.717) is 6.54 Å². The van der Waals surface area contributed by atoms with Gasteiger partial charge in [0, 0.05) is 29.8 Å². The Kier molecular flexibility index (Phi) is 8.66. The molecule has 3 N–H and O–H groups in total. The van der Waals surface area contributed by atoms with Gasteiger partial charge in [0.15, 0.2) is 0 Å². The number of aromatic nitrogens is 1. The minimum atomic E-state index is 0. The molecule has 1 heterocycles. The van der Waals surface area contributed by atoms with Gasteiger partial charge in [0.1, 0.15) is 0 Å². The highest BCUT2D eigenvalue weighted by Gasteiger charge is 2.27. The number of nitrogens with zero attached hydrogens (tertiary/aromatic N) is 1. The standard InChI is InChI=1S/C13H21N3OS.2ClH/c1-8-12(18-9(2)16-8)5-6-15-13(17)10-3-4-11(14)7-10;;/h10-11H,3-7,14H2,1-2H3,(H,15,17);2*1H. The number of hydrogen-bond donors (Lipinski definition) is 2. The van der Waals surface area contributed by atoms with Gasteiger partial charge in [0.2, 0.25) is 5.91 Å². The van der Waals surface area contributed by atoms with Gasteiger partial charge in [-0.1, -0.05) is 0 Å². The maximum absolute atomic E-state index is 11.9. The summed E-state index contributed by atoms with van der Waals surface area (Å²) in [7, 11) is 0. The normalized spacial score (nSPS) is 20.9. The molecule has 1 aliphatic carbocycles. The molecule has 0 aromatic carbocycles. The zero-order chi connectivity index (χ0) is 13.1. The SMILES string of the molecule is Cc1nc(C)c(CCNC(=O)C2CCC(N)C2)s1.Cl.Cl. The fourth-order valence-corrected chi connectivity index (χ4v) is 3.44. The van der Waals surface area contributed by atoms with E-state index in [1.54, 1.807) is 11.3 Å². The third-order valence-electron chi connectivity index (χ3n) is 3.49. The molecule has 0 spiro atoms. The zero-order valence-corrected chi connectivity index (χ0v) is 14.3. The molecule has 1 aromatic rings. The van der Waals surface area contributed by atoms with Crippen LogP contribution in [0.5, 0.6) is 0 Å². The molecule has 1 aliphatic rings. The first-order chi connectivity index (χ1) is 8.56. The van der Waals surface area contributed by atoms with Gasteiger partial charge < -0.3 is 11.1 Å². The molecule has 116 valence electrons. The molecule has 2 unspecified atom stereocenters. The summed E-state index contributed by atoms with van der Waals surface area (Å²) in [5.41, 5.74) is 6.91. The number of carbonyl (C=O) groups is 1. The van der Waals surface area contributed by atoms with E-state index in [0.717, 1.165) is 36.4 Å². The fraction of sp³-hybridized carbons (Fsp3) is 0.692. The Morgan fingerprint density at radius 3 is 2.60 bits per heavy atom. The number of aryl methyl sites for hydroxylation is 2. The molecule has 1 aromatic heterocycles. The van der Waals surface area contributed by atoms with E-state index in [9.17, 15) is 4.79 Å². The summed E-state index contributed by atoms with van der Waals surface area (Å²) in [5.74, 6) is 0.297. The summed E-state index contributed by atoms with van der Waals surface area (Å²) < 4.78 is 0. The Balaban J connectivity index is 0.00000180. The molecule has 1 amide bonds. The van der Waals surface area contributed by atoms with Crippen LogP contribution in [0.25, 0.3) is 0 Å². The highest BCUT2D eigenvalue weighted by atomic mass is 35.5. The van der Waals surface area contributed by atoms with Crippen molar-refractivity contribution in [2.24, 2.45) is 11.7 Å². The monoisotopic (exact) mass is 339 g/mol. The van der Waals surface area contributed by atoms with Crippen LogP contribution in [0.3, 0.4) is 0 Å². The van der Waals surface area contributed by atoms with Gasteiger partial charge in [-0.2, -0.15) is 0 Å². The van der Waals surface area contributed by atoms with Gasteiger partial charge in [-0.05, 0) is 33.1 Å². The zero-order valence-electron chi connectivity index (χ0n) is 11.8. The van der Waals surface area contributed by atoms with Crippen LogP contribution in [-0.4, -0.2) is 23.5 Å². The molecule has 20 heavy (non-hydrogen) atoms. The van der Waals surface area contributed by atoms with Gasteiger partial charge >= 0.3 is 0 Å². The second-order valence-electron chi connectivity index (χ2n) is 5.05. The second-order valence-corrected chi connectivity index (χ2v) is 6.34. The summed E-state index contributed by atoms with van der Waals surface area (Å²) in [6.07, 6.45) is 3.63. The van der Waals surface area contributed by atoms with Crippen LogP contribution in [0.2, 0.25) is 0 Å². The predicted molar refractivity (Wildman–Crippen MR) is 88.1 cm³/mol.